The van der Waals surface area contributed by atoms with Crippen LogP contribution in [0.3, 0.4) is 0 Å². The van der Waals surface area contributed by atoms with Gasteiger partial charge in [0.15, 0.2) is 0 Å². The highest BCUT2D eigenvalue weighted by Gasteiger charge is 2.28. The topological polar surface area (TPSA) is 59.4 Å². The summed E-state index contributed by atoms with van der Waals surface area (Å²) < 4.78 is 0. The average molecular weight is 431 g/mol. The number of carbonyl (C=O) groups excluding carboxylic acids is 1. The molecule has 5 nitrogen and oxygen atoms in total. The molecule has 2 amide bonds. The largest absolute Gasteiger partial charge is 0.331 e. The first-order valence-corrected chi connectivity index (χ1v) is 10.3. The van der Waals surface area contributed by atoms with Crippen LogP contribution in [0.4, 0.5) is 4.79 Å². The molecule has 3 rings (SSSR count). The molecule has 7 heteroatoms. The number of nitrogens with one attached hydrogen (secondary N) is 1. The Kier molecular flexibility index (Phi) is 7.02. The maximum absolute atomic E-state index is 13.1. The van der Waals surface area contributed by atoms with Gasteiger partial charge in [-0.2, -0.15) is 5.26 Å². The lowest BCUT2D eigenvalue weighted by atomic mass is 10.1. The molecule has 0 radical (unpaired) electrons. The van der Waals surface area contributed by atoms with Crippen molar-refractivity contribution in [3.05, 3.63) is 68.7 Å². The van der Waals surface area contributed by atoms with E-state index in [1.807, 2.05) is 37.2 Å². The molecule has 152 valence electrons. The molecule has 1 N–H and O–H groups in total. The van der Waals surface area contributed by atoms with Crippen LogP contribution >= 0.6 is 23.2 Å². The minimum Gasteiger partial charge on any atom is -0.331 e. The zero-order valence-electron chi connectivity index (χ0n) is 16.6. The van der Waals surface area contributed by atoms with E-state index in [1.165, 1.54) is 0 Å². The van der Waals surface area contributed by atoms with Crippen molar-refractivity contribution in [2.24, 2.45) is 0 Å². The van der Waals surface area contributed by atoms with E-state index in [0.717, 1.165) is 36.1 Å². The number of nitriles is 1. The molecule has 29 heavy (non-hydrogen) atoms. The van der Waals surface area contributed by atoms with Crippen LogP contribution in [0.15, 0.2) is 36.4 Å². The quantitative estimate of drug-likeness (QED) is 0.726. The second kappa shape index (κ2) is 9.49. The third kappa shape index (κ3) is 5.22. The van der Waals surface area contributed by atoms with Gasteiger partial charge in [0, 0.05) is 19.6 Å². The van der Waals surface area contributed by atoms with Crippen LogP contribution in [0.5, 0.6) is 0 Å². The minimum atomic E-state index is -0.111. The van der Waals surface area contributed by atoms with Gasteiger partial charge in [-0.3, -0.25) is 0 Å². The predicted octanol–water partition coefficient (Wildman–Crippen LogP) is 4.63. The SMILES string of the molecule is CN(C)CCN(Cc1ccc(C#N)cc1)C(=O)NC1CCc2c1ccc(Cl)c2Cl. The second-order valence-electron chi connectivity index (χ2n) is 7.50. The van der Waals surface area contributed by atoms with Crippen molar-refractivity contribution in [3.63, 3.8) is 0 Å². The van der Waals surface area contributed by atoms with Crippen LogP contribution in [0.25, 0.3) is 0 Å². The van der Waals surface area contributed by atoms with Crippen molar-refractivity contribution >= 4 is 29.2 Å². The zero-order valence-corrected chi connectivity index (χ0v) is 18.1. The van der Waals surface area contributed by atoms with Crippen LogP contribution in [0.2, 0.25) is 10.0 Å². The molecule has 0 aliphatic heterocycles. The predicted molar refractivity (Wildman–Crippen MR) is 116 cm³/mol. The summed E-state index contributed by atoms with van der Waals surface area (Å²) in [7, 11) is 3.97. The van der Waals surface area contributed by atoms with Gasteiger partial charge in [-0.15, -0.1) is 0 Å². The third-order valence-corrected chi connectivity index (χ3v) is 5.99. The summed E-state index contributed by atoms with van der Waals surface area (Å²) in [5.41, 5.74) is 3.66. The molecule has 1 aliphatic rings. The van der Waals surface area contributed by atoms with E-state index in [9.17, 15) is 4.79 Å². The van der Waals surface area contributed by atoms with Crippen LogP contribution in [0, 0.1) is 11.3 Å². The number of hydrogen-bond donors (Lipinski definition) is 1. The van der Waals surface area contributed by atoms with Crippen molar-refractivity contribution in [2.75, 3.05) is 27.2 Å². The Morgan fingerprint density at radius 3 is 2.55 bits per heavy atom. The van der Waals surface area contributed by atoms with Crippen LogP contribution in [0.1, 0.15) is 34.7 Å². The molecule has 0 saturated heterocycles. The number of rotatable bonds is 6. The lowest BCUT2D eigenvalue weighted by Crippen LogP contribution is -2.43. The fraction of sp³-hybridized carbons (Fsp3) is 0.364. The first-order chi connectivity index (χ1) is 13.9. The normalized spacial score (nSPS) is 15.1. The number of benzene rings is 2. The fourth-order valence-corrected chi connectivity index (χ4v) is 3.94. The van der Waals surface area contributed by atoms with E-state index >= 15 is 0 Å². The minimum absolute atomic E-state index is 0.0740. The standard InChI is InChI=1S/C22H24Cl2N4O/c1-27(2)11-12-28(14-16-5-3-15(13-25)4-6-16)22(29)26-20-10-8-18-17(20)7-9-19(23)21(18)24/h3-7,9,20H,8,10-12,14H2,1-2H3,(H,26,29). The van der Waals surface area contributed by atoms with Crippen molar-refractivity contribution in [2.45, 2.75) is 25.4 Å². The Hall–Kier alpha value is -2.26. The van der Waals surface area contributed by atoms with Gasteiger partial charge < -0.3 is 15.1 Å². The molecule has 1 unspecified atom stereocenters. The summed E-state index contributed by atoms with van der Waals surface area (Å²) in [6, 6.07) is 13.0. The molecule has 1 aliphatic carbocycles. The van der Waals surface area contributed by atoms with E-state index in [0.29, 0.717) is 28.7 Å². The molecule has 2 aromatic carbocycles. The number of fused-ring (bicyclic) bond motifs is 1. The van der Waals surface area contributed by atoms with Crippen molar-refractivity contribution in [1.29, 1.82) is 5.26 Å². The highest BCUT2D eigenvalue weighted by molar-refractivity contribution is 6.42. The summed E-state index contributed by atoms with van der Waals surface area (Å²) in [5, 5.41) is 13.3. The van der Waals surface area contributed by atoms with Gasteiger partial charge in [-0.25, -0.2) is 4.79 Å². The molecular weight excluding hydrogens is 407 g/mol. The molecule has 1 atom stereocenters. The van der Waals surface area contributed by atoms with Crippen LogP contribution in [-0.4, -0.2) is 43.0 Å². The van der Waals surface area contributed by atoms with Gasteiger partial charge in [0.2, 0.25) is 0 Å². The highest BCUT2D eigenvalue weighted by atomic mass is 35.5. The lowest BCUT2D eigenvalue weighted by molar-refractivity contribution is 0.185. The van der Waals surface area contributed by atoms with Crippen molar-refractivity contribution in [1.82, 2.24) is 15.1 Å². The molecule has 0 heterocycles. The summed E-state index contributed by atoms with van der Waals surface area (Å²) in [6.45, 7) is 1.83. The van der Waals surface area contributed by atoms with Gasteiger partial charge in [0.05, 0.1) is 27.7 Å². The molecule has 0 spiro atoms. The number of halogens is 2. The van der Waals surface area contributed by atoms with Gasteiger partial charge in [0.1, 0.15) is 0 Å². The maximum atomic E-state index is 13.1. The van der Waals surface area contributed by atoms with E-state index in [4.69, 9.17) is 28.5 Å². The smallest absolute Gasteiger partial charge is 0.318 e. The monoisotopic (exact) mass is 430 g/mol. The van der Waals surface area contributed by atoms with Crippen LogP contribution in [-0.2, 0) is 13.0 Å². The zero-order chi connectivity index (χ0) is 21.0. The van der Waals surface area contributed by atoms with Crippen molar-refractivity contribution in [3.8, 4) is 6.07 Å². The Labute approximate surface area is 181 Å². The van der Waals surface area contributed by atoms with E-state index < -0.39 is 0 Å². The molecule has 2 aromatic rings. The Morgan fingerprint density at radius 2 is 1.90 bits per heavy atom. The van der Waals surface area contributed by atoms with Crippen LogP contribution < -0.4 is 5.32 Å². The molecule has 0 fully saturated rings. The van der Waals surface area contributed by atoms with Crippen molar-refractivity contribution < 1.29 is 4.79 Å². The average Bonchev–Trinajstić information content (AvgIpc) is 3.11. The van der Waals surface area contributed by atoms with E-state index in [1.54, 1.807) is 23.1 Å². The number of carbonyl (C=O) groups is 1. The molecular formula is C22H24Cl2N4O. The van der Waals surface area contributed by atoms with Gasteiger partial charge in [-0.1, -0.05) is 41.4 Å². The first kappa shape index (κ1) is 21.4. The van der Waals surface area contributed by atoms with E-state index in [-0.39, 0.29) is 12.1 Å². The van der Waals surface area contributed by atoms with Gasteiger partial charge >= 0.3 is 6.03 Å². The number of amides is 2. The number of likely N-dealkylation sites (N-methyl/N-ethyl adjacent to an activating group) is 1. The number of urea groups is 1. The second-order valence-corrected chi connectivity index (χ2v) is 8.29. The summed E-state index contributed by atoms with van der Waals surface area (Å²) in [4.78, 5) is 16.9. The fourth-order valence-electron chi connectivity index (χ4n) is 3.50. The molecule has 0 aromatic heterocycles. The Bertz CT molecular complexity index is 922. The summed E-state index contributed by atoms with van der Waals surface area (Å²) >= 11 is 12.5. The Morgan fingerprint density at radius 1 is 1.17 bits per heavy atom. The number of nitrogens with zero attached hydrogens (tertiary/aromatic N) is 3. The molecule has 0 saturated carbocycles. The maximum Gasteiger partial charge on any atom is 0.318 e. The van der Waals surface area contributed by atoms with E-state index in [2.05, 4.69) is 11.4 Å². The molecule has 0 bridgehead atoms. The first-order valence-electron chi connectivity index (χ1n) is 9.55. The van der Waals surface area contributed by atoms with Gasteiger partial charge in [-0.05, 0) is 61.8 Å². The summed E-state index contributed by atoms with van der Waals surface area (Å²) in [5.74, 6) is 0. The lowest BCUT2D eigenvalue weighted by Gasteiger charge is -2.27. The highest BCUT2D eigenvalue weighted by Crippen LogP contribution is 2.39. The van der Waals surface area contributed by atoms with Gasteiger partial charge in [0.25, 0.3) is 0 Å². The third-order valence-electron chi connectivity index (χ3n) is 5.15. The number of hydrogen-bond acceptors (Lipinski definition) is 3. The summed E-state index contributed by atoms with van der Waals surface area (Å²) in [6.07, 6.45) is 1.60. The Balaban J connectivity index is 1.73.